The molecular formula is C15H20FN3O2. The lowest BCUT2D eigenvalue weighted by Crippen LogP contribution is -2.49. The van der Waals surface area contributed by atoms with Gasteiger partial charge in [-0.2, -0.15) is 4.39 Å². The third-order valence-electron chi connectivity index (χ3n) is 4.64. The van der Waals surface area contributed by atoms with Crippen molar-refractivity contribution in [2.24, 2.45) is 0 Å². The Hall–Kier alpha value is -1.69. The summed E-state index contributed by atoms with van der Waals surface area (Å²) in [5, 5.41) is 11.1. The molecule has 0 aromatic heterocycles. The number of hydrogen-bond acceptors (Lipinski definition) is 4. The maximum atomic E-state index is 13.7. The molecule has 0 atom stereocenters. The maximum absolute atomic E-state index is 13.7. The molecule has 1 heterocycles. The maximum Gasteiger partial charge on any atom is 0.327 e. The van der Waals surface area contributed by atoms with E-state index in [4.69, 9.17) is 0 Å². The second-order valence-corrected chi connectivity index (χ2v) is 5.83. The summed E-state index contributed by atoms with van der Waals surface area (Å²) in [6.07, 6.45) is 5.14. The van der Waals surface area contributed by atoms with Crippen molar-refractivity contribution in [2.75, 3.05) is 31.1 Å². The first-order valence-corrected chi connectivity index (χ1v) is 7.58. The number of hydrogen-bond donors (Lipinski definition) is 0. The zero-order valence-electron chi connectivity index (χ0n) is 12.0. The van der Waals surface area contributed by atoms with Gasteiger partial charge in [-0.05, 0) is 25.0 Å². The molecule has 0 radical (unpaired) electrons. The van der Waals surface area contributed by atoms with Gasteiger partial charge in [-0.25, -0.2) is 0 Å². The predicted molar refractivity (Wildman–Crippen MR) is 79.1 cm³/mol. The number of halogens is 1. The Balaban J connectivity index is 1.72. The second kappa shape index (κ2) is 5.97. The van der Waals surface area contributed by atoms with E-state index in [0.717, 1.165) is 32.2 Å². The Kier molecular flexibility index (Phi) is 4.05. The van der Waals surface area contributed by atoms with Crippen LogP contribution in [0.2, 0.25) is 0 Å². The zero-order chi connectivity index (χ0) is 14.8. The van der Waals surface area contributed by atoms with E-state index in [-0.39, 0.29) is 0 Å². The van der Waals surface area contributed by atoms with Crippen LogP contribution in [-0.2, 0) is 0 Å². The molecule has 1 aliphatic carbocycles. The quantitative estimate of drug-likeness (QED) is 0.635. The monoisotopic (exact) mass is 293 g/mol. The third-order valence-corrected chi connectivity index (χ3v) is 4.64. The van der Waals surface area contributed by atoms with Crippen molar-refractivity contribution < 1.29 is 9.31 Å². The van der Waals surface area contributed by atoms with Crippen molar-refractivity contribution in [2.45, 2.75) is 31.7 Å². The molecule has 2 aliphatic rings. The molecule has 21 heavy (non-hydrogen) atoms. The van der Waals surface area contributed by atoms with Gasteiger partial charge in [0.05, 0.1) is 4.92 Å². The van der Waals surface area contributed by atoms with E-state index in [9.17, 15) is 14.5 Å². The summed E-state index contributed by atoms with van der Waals surface area (Å²) in [7, 11) is 0. The largest absolute Gasteiger partial charge is 0.363 e. The molecule has 0 bridgehead atoms. The summed E-state index contributed by atoms with van der Waals surface area (Å²) in [6, 6.07) is 5.01. The Labute approximate surface area is 123 Å². The van der Waals surface area contributed by atoms with Gasteiger partial charge in [0.25, 0.3) is 0 Å². The number of piperazine rings is 1. The van der Waals surface area contributed by atoms with E-state index in [1.54, 1.807) is 12.1 Å². The summed E-state index contributed by atoms with van der Waals surface area (Å²) in [5.41, 5.74) is 0.0119. The first kappa shape index (κ1) is 14.3. The number of nitrogens with zero attached hydrogens (tertiary/aromatic N) is 3. The topological polar surface area (TPSA) is 49.6 Å². The lowest BCUT2D eigenvalue weighted by molar-refractivity contribution is -0.386. The van der Waals surface area contributed by atoms with Crippen LogP contribution in [0.5, 0.6) is 0 Å². The minimum Gasteiger partial charge on any atom is -0.363 e. The van der Waals surface area contributed by atoms with Crippen LogP contribution in [0.15, 0.2) is 18.2 Å². The molecule has 3 rings (SSSR count). The highest BCUT2D eigenvalue weighted by atomic mass is 19.1. The SMILES string of the molecule is O=[N+]([O-])c1c(F)cccc1N1CCN(C2CCCC2)CC1. The zero-order valence-corrected chi connectivity index (χ0v) is 12.0. The van der Waals surface area contributed by atoms with E-state index >= 15 is 0 Å². The average molecular weight is 293 g/mol. The lowest BCUT2D eigenvalue weighted by atomic mass is 10.1. The fourth-order valence-corrected chi connectivity index (χ4v) is 3.54. The molecule has 6 heteroatoms. The molecule has 1 saturated carbocycles. The van der Waals surface area contributed by atoms with E-state index in [1.807, 2.05) is 4.90 Å². The molecule has 1 aromatic rings. The van der Waals surface area contributed by atoms with Crippen molar-refractivity contribution in [1.29, 1.82) is 0 Å². The predicted octanol–water partition coefficient (Wildman–Crippen LogP) is 2.80. The van der Waals surface area contributed by atoms with Gasteiger partial charge in [0.2, 0.25) is 5.82 Å². The van der Waals surface area contributed by atoms with Crippen LogP contribution in [0, 0.1) is 15.9 Å². The van der Waals surface area contributed by atoms with Gasteiger partial charge >= 0.3 is 5.69 Å². The smallest absolute Gasteiger partial charge is 0.327 e. The Morgan fingerprint density at radius 3 is 2.43 bits per heavy atom. The van der Waals surface area contributed by atoms with Crippen molar-refractivity contribution in [3.8, 4) is 0 Å². The number of anilines is 1. The number of para-hydroxylation sites is 1. The molecule has 0 unspecified atom stereocenters. The summed E-state index contributed by atoms with van der Waals surface area (Å²) < 4.78 is 13.7. The molecule has 0 amide bonds. The summed E-state index contributed by atoms with van der Waals surface area (Å²) in [4.78, 5) is 14.9. The van der Waals surface area contributed by atoms with Gasteiger partial charge in [-0.15, -0.1) is 0 Å². The number of benzene rings is 1. The van der Waals surface area contributed by atoms with Crippen LogP contribution in [0.4, 0.5) is 15.8 Å². The number of rotatable bonds is 3. The van der Waals surface area contributed by atoms with Gasteiger partial charge in [0.1, 0.15) is 5.69 Å². The Morgan fingerprint density at radius 1 is 1.14 bits per heavy atom. The fraction of sp³-hybridized carbons (Fsp3) is 0.600. The highest BCUT2D eigenvalue weighted by molar-refractivity contribution is 5.64. The molecule has 0 spiro atoms. The van der Waals surface area contributed by atoms with E-state index in [2.05, 4.69) is 4.90 Å². The first-order chi connectivity index (χ1) is 10.2. The van der Waals surface area contributed by atoms with E-state index in [0.29, 0.717) is 11.7 Å². The van der Waals surface area contributed by atoms with Crippen LogP contribution >= 0.6 is 0 Å². The molecule has 0 N–H and O–H groups in total. The van der Waals surface area contributed by atoms with Crippen LogP contribution in [-0.4, -0.2) is 42.0 Å². The first-order valence-electron chi connectivity index (χ1n) is 7.58. The van der Waals surface area contributed by atoms with Crippen molar-refractivity contribution in [3.05, 3.63) is 34.1 Å². The van der Waals surface area contributed by atoms with Crippen LogP contribution in [0.25, 0.3) is 0 Å². The number of nitro groups is 1. The average Bonchev–Trinajstić information content (AvgIpc) is 3.01. The molecule has 1 aromatic carbocycles. The van der Waals surface area contributed by atoms with E-state index < -0.39 is 16.4 Å². The number of nitro benzene ring substituents is 1. The molecule has 114 valence electrons. The summed E-state index contributed by atoms with van der Waals surface area (Å²) in [5.74, 6) is -0.754. The molecular weight excluding hydrogens is 273 g/mol. The highest BCUT2D eigenvalue weighted by Crippen LogP contribution is 2.32. The van der Waals surface area contributed by atoms with Gasteiger partial charge in [-0.3, -0.25) is 15.0 Å². The fourth-order valence-electron chi connectivity index (χ4n) is 3.54. The Bertz CT molecular complexity index is 524. The van der Waals surface area contributed by atoms with Crippen molar-refractivity contribution in [1.82, 2.24) is 4.90 Å². The summed E-state index contributed by atoms with van der Waals surface area (Å²) >= 11 is 0. The van der Waals surface area contributed by atoms with Crippen molar-refractivity contribution >= 4 is 11.4 Å². The molecule has 1 saturated heterocycles. The van der Waals surface area contributed by atoms with Gasteiger partial charge in [0.15, 0.2) is 0 Å². The van der Waals surface area contributed by atoms with Crippen molar-refractivity contribution in [3.63, 3.8) is 0 Å². The van der Waals surface area contributed by atoms with Gasteiger partial charge < -0.3 is 4.90 Å². The third kappa shape index (κ3) is 2.85. The lowest BCUT2D eigenvalue weighted by Gasteiger charge is -2.38. The minimum atomic E-state index is -0.754. The molecule has 2 fully saturated rings. The highest BCUT2D eigenvalue weighted by Gasteiger charge is 2.29. The molecule has 1 aliphatic heterocycles. The summed E-state index contributed by atoms with van der Waals surface area (Å²) in [6.45, 7) is 3.25. The van der Waals surface area contributed by atoms with Crippen LogP contribution in [0.3, 0.4) is 0 Å². The minimum absolute atomic E-state index is 0.396. The van der Waals surface area contributed by atoms with Gasteiger partial charge in [-0.1, -0.05) is 18.9 Å². The van der Waals surface area contributed by atoms with Crippen LogP contribution < -0.4 is 4.90 Å². The molecule has 5 nitrogen and oxygen atoms in total. The van der Waals surface area contributed by atoms with Gasteiger partial charge in [0, 0.05) is 32.2 Å². The normalized spacial score (nSPS) is 20.9. The Morgan fingerprint density at radius 2 is 1.81 bits per heavy atom. The second-order valence-electron chi connectivity index (χ2n) is 5.83. The standard InChI is InChI=1S/C15H20FN3O2/c16-13-6-3-7-14(15(13)19(20)21)18-10-8-17(9-11-18)12-4-1-2-5-12/h3,6-7,12H,1-2,4-5,8-11H2. The van der Waals surface area contributed by atoms with Crippen LogP contribution in [0.1, 0.15) is 25.7 Å². The van der Waals surface area contributed by atoms with E-state index in [1.165, 1.54) is 25.7 Å².